The number of hydrogen-bond donors (Lipinski definition) is 1. The number of amides is 2. The lowest BCUT2D eigenvalue weighted by Crippen LogP contribution is -2.53. The summed E-state index contributed by atoms with van der Waals surface area (Å²) < 4.78 is 34.2. The number of halogens is 3. The molecule has 0 unspecified atom stereocenters. The summed E-state index contributed by atoms with van der Waals surface area (Å²) in [4.78, 5) is 37.6. The number of likely N-dealkylation sites (tertiary alicyclic amines) is 1. The molecular weight excluding hydrogens is 596 g/mol. The molecule has 2 aliphatic rings. The summed E-state index contributed by atoms with van der Waals surface area (Å²) in [5.41, 5.74) is 0.943. The van der Waals surface area contributed by atoms with Crippen LogP contribution in [-0.4, -0.2) is 110 Å². The van der Waals surface area contributed by atoms with Crippen molar-refractivity contribution >= 4 is 34.7 Å². The molecule has 1 aromatic carbocycles. The molecule has 2 amide bonds. The Morgan fingerprint density at radius 3 is 2.66 bits per heavy atom. The first-order valence-electron chi connectivity index (χ1n) is 14.4. The Bertz CT molecular complexity index is 1650. The predicted octanol–water partition coefficient (Wildman–Crippen LogP) is 3.34. The number of carbonyl (C=O) groups is 2. The van der Waals surface area contributed by atoms with Gasteiger partial charge in [0, 0.05) is 74.5 Å². The fourth-order valence-corrected chi connectivity index (χ4v) is 5.93. The van der Waals surface area contributed by atoms with Crippen LogP contribution in [0.5, 0.6) is 5.75 Å². The van der Waals surface area contributed by atoms with Crippen molar-refractivity contribution in [2.45, 2.75) is 32.0 Å². The zero-order valence-corrected chi connectivity index (χ0v) is 24.8. The van der Waals surface area contributed by atoms with E-state index < -0.39 is 12.5 Å². The lowest BCUT2D eigenvalue weighted by Gasteiger charge is -2.42. The monoisotopic (exact) mass is 627 g/mol. The van der Waals surface area contributed by atoms with E-state index >= 15 is 0 Å². The van der Waals surface area contributed by atoms with Crippen LogP contribution in [0.1, 0.15) is 23.2 Å². The van der Waals surface area contributed by atoms with Crippen LogP contribution >= 0.6 is 11.6 Å². The maximum atomic E-state index is 13.4. The first kappa shape index (κ1) is 29.9. The Hall–Kier alpha value is -4.14. The molecule has 0 aliphatic carbocycles. The van der Waals surface area contributed by atoms with Gasteiger partial charge in [-0.25, -0.2) is 9.50 Å². The standard InChI is InChI=1S/C29H32ClF2N9O3/c1-37-11-13-38(14-12-37)20-5-9-39(10-6-20)25(42)18-40-17-23(35-28(43)22-16-34-41-8-2-7-33-27(22)41)26(36-40)21-15-19(30)3-4-24(21)44-29(31)32/h2-4,7-8,15-17,20,29H,5-6,9-14,18H2,1H3,(H,35,43). The number of fused-ring (bicyclic) bond motifs is 1. The Kier molecular flexibility index (Phi) is 8.73. The molecule has 4 aromatic rings. The quantitative estimate of drug-likeness (QED) is 0.317. The van der Waals surface area contributed by atoms with E-state index in [1.807, 2.05) is 4.90 Å². The number of piperazine rings is 1. The normalized spacial score (nSPS) is 17.0. The van der Waals surface area contributed by atoms with Gasteiger partial charge in [0.2, 0.25) is 5.91 Å². The number of likely N-dealkylation sites (N-methyl/N-ethyl adjacent to an activating group) is 1. The third-order valence-electron chi connectivity index (χ3n) is 8.12. The van der Waals surface area contributed by atoms with Gasteiger partial charge in [-0.15, -0.1) is 0 Å². The van der Waals surface area contributed by atoms with E-state index in [1.54, 1.807) is 12.3 Å². The minimum Gasteiger partial charge on any atom is -0.434 e. The van der Waals surface area contributed by atoms with Gasteiger partial charge in [0.15, 0.2) is 5.65 Å². The molecule has 0 spiro atoms. The van der Waals surface area contributed by atoms with Crippen molar-refractivity contribution in [3.8, 4) is 17.0 Å². The molecular formula is C29H32ClF2N9O3. The average molecular weight is 628 g/mol. The van der Waals surface area contributed by atoms with Crippen LogP contribution in [0.15, 0.2) is 49.1 Å². The van der Waals surface area contributed by atoms with Crippen molar-refractivity contribution < 1.29 is 23.1 Å². The number of rotatable bonds is 8. The highest BCUT2D eigenvalue weighted by atomic mass is 35.5. The Balaban J connectivity index is 1.23. The second-order valence-corrected chi connectivity index (χ2v) is 11.4. The molecule has 0 atom stereocenters. The van der Waals surface area contributed by atoms with E-state index in [4.69, 9.17) is 16.3 Å². The number of alkyl halides is 2. The number of ether oxygens (including phenoxy) is 1. The summed E-state index contributed by atoms with van der Waals surface area (Å²) >= 11 is 6.22. The second-order valence-electron chi connectivity index (χ2n) is 11.0. The van der Waals surface area contributed by atoms with Gasteiger partial charge in [0.1, 0.15) is 23.6 Å². The van der Waals surface area contributed by atoms with Crippen LogP contribution in [0, 0.1) is 0 Å². The first-order chi connectivity index (χ1) is 21.2. The lowest BCUT2D eigenvalue weighted by molar-refractivity contribution is -0.133. The van der Waals surface area contributed by atoms with Crippen molar-refractivity contribution in [2.24, 2.45) is 0 Å². The highest BCUT2D eigenvalue weighted by molar-refractivity contribution is 6.31. The fraction of sp³-hybridized carbons (Fsp3) is 0.414. The maximum absolute atomic E-state index is 13.4. The highest BCUT2D eigenvalue weighted by Crippen LogP contribution is 2.37. The summed E-state index contributed by atoms with van der Waals surface area (Å²) in [7, 11) is 2.13. The number of nitrogens with one attached hydrogen (secondary N) is 1. The fourth-order valence-electron chi connectivity index (χ4n) is 5.76. The van der Waals surface area contributed by atoms with Crippen molar-refractivity contribution in [1.29, 1.82) is 0 Å². The van der Waals surface area contributed by atoms with Gasteiger partial charge in [-0.1, -0.05) is 11.6 Å². The molecule has 44 heavy (non-hydrogen) atoms. The lowest BCUT2D eigenvalue weighted by atomic mass is 10.0. The van der Waals surface area contributed by atoms with E-state index in [2.05, 4.69) is 37.3 Å². The van der Waals surface area contributed by atoms with Crippen LogP contribution in [0.2, 0.25) is 5.02 Å². The molecule has 232 valence electrons. The van der Waals surface area contributed by atoms with Gasteiger partial charge in [-0.3, -0.25) is 19.2 Å². The molecule has 15 heteroatoms. The number of carbonyl (C=O) groups excluding carboxylic acids is 2. The molecule has 2 fully saturated rings. The van der Waals surface area contributed by atoms with Crippen molar-refractivity contribution in [3.63, 3.8) is 0 Å². The summed E-state index contributed by atoms with van der Waals surface area (Å²) in [6, 6.07) is 6.27. The zero-order valence-electron chi connectivity index (χ0n) is 24.1. The smallest absolute Gasteiger partial charge is 0.387 e. The second kappa shape index (κ2) is 12.8. The Morgan fingerprint density at radius 1 is 1.14 bits per heavy atom. The predicted molar refractivity (Wildman–Crippen MR) is 159 cm³/mol. The SMILES string of the molecule is CN1CCN(C2CCN(C(=O)Cn3cc(NC(=O)c4cnn5cccnc45)c(-c4cc(Cl)ccc4OC(F)F)n3)CC2)CC1. The van der Waals surface area contributed by atoms with Crippen LogP contribution in [-0.2, 0) is 11.3 Å². The highest BCUT2D eigenvalue weighted by Gasteiger charge is 2.29. The van der Waals surface area contributed by atoms with Gasteiger partial charge < -0.3 is 19.9 Å². The first-order valence-corrected chi connectivity index (χ1v) is 14.7. The van der Waals surface area contributed by atoms with Gasteiger partial charge in [0.25, 0.3) is 5.91 Å². The number of piperidine rings is 1. The zero-order chi connectivity index (χ0) is 30.8. The topological polar surface area (TPSA) is 113 Å². The molecule has 5 heterocycles. The van der Waals surface area contributed by atoms with Crippen molar-refractivity contribution in [3.05, 3.63) is 59.6 Å². The number of anilines is 1. The van der Waals surface area contributed by atoms with Gasteiger partial charge in [0.05, 0.1) is 11.9 Å². The number of hydrogen-bond acceptors (Lipinski definition) is 8. The molecule has 12 nitrogen and oxygen atoms in total. The molecule has 2 saturated heterocycles. The van der Waals surface area contributed by atoms with Crippen LogP contribution in [0.25, 0.3) is 16.9 Å². The molecule has 0 bridgehead atoms. The molecule has 1 N–H and O–H groups in total. The number of nitrogens with zero attached hydrogens (tertiary/aromatic N) is 8. The van der Waals surface area contributed by atoms with Crippen LogP contribution in [0.4, 0.5) is 14.5 Å². The summed E-state index contributed by atoms with van der Waals surface area (Å²) in [6.45, 7) is 2.22. The largest absolute Gasteiger partial charge is 0.434 e. The maximum Gasteiger partial charge on any atom is 0.387 e. The summed E-state index contributed by atoms with van der Waals surface area (Å²) in [5, 5.41) is 11.7. The van der Waals surface area contributed by atoms with E-state index in [9.17, 15) is 18.4 Å². The van der Waals surface area contributed by atoms with E-state index in [0.29, 0.717) is 24.8 Å². The number of aromatic nitrogens is 5. The number of benzene rings is 1. The van der Waals surface area contributed by atoms with E-state index in [-0.39, 0.29) is 45.7 Å². The van der Waals surface area contributed by atoms with Crippen LogP contribution < -0.4 is 10.1 Å². The third kappa shape index (κ3) is 6.51. The van der Waals surface area contributed by atoms with E-state index in [1.165, 1.54) is 46.0 Å². The van der Waals surface area contributed by atoms with Gasteiger partial charge in [-0.2, -0.15) is 19.0 Å². The molecule has 2 aliphatic heterocycles. The average Bonchev–Trinajstić information content (AvgIpc) is 3.62. The minimum atomic E-state index is -3.10. The van der Waals surface area contributed by atoms with E-state index in [0.717, 1.165) is 39.0 Å². The molecule has 6 rings (SSSR count). The van der Waals surface area contributed by atoms with Gasteiger partial charge in [-0.05, 0) is 44.2 Å². The Morgan fingerprint density at radius 2 is 1.91 bits per heavy atom. The van der Waals surface area contributed by atoms with Crippen molar-refractivity contribution in [2.75, 3.05) is 51.6 Å². The summed E-state index contributed by atoms with van der Waals surface area (Å²) in [5.74, 6) is -0.856. The summed E-state index contributed by atoms with van der Waals surface area (Å²) in [6.07, 6.45) is 7.85. The molecule has 0 radical (unpaired) electrons. The molecule has 3 aromatic heterocycles. The van der Waals surface area contributed by atoms with Gasteiger partial charge >= 0.3 is 6.61 Å². The minimum absolute atomic E-state index is 0.105. The van der Waals surface area contributed by atoms with Crippen LogP contribution in [0.3, 0.4) is 0 Å². The molecule has 0 saturated carbocycles. The third-order valence-corrected chi connectivity index (χ3v) is 8.35. The van der Waals surface area contributed by atoms with Crippen molar-refractivity contribution in [1.82, 2.24) is 39.1 Å². The Labute approximate surface area is 257 Å².